The molecule has 0 saturated carbocycles. The Labute approximate surface area is 171 Å². The molecular weight excluding hydrogens is 394 g/mol. The minimum absolute atomic E-state index is 0.0527. The Morgan fingerprint density at radius 3 is 2.50 bits per heavy atom. The van der Waals surface area contributed by atoms with Crippen LogP contribution in [0.2, 0.25) is 0 Å². The maximum atomic E-state index is 12.5. The lowest BCUT2D eigenvalue weighted by molar-refractivity contribution is 0.102. The molecule has 0 radical (unpaired) electrons. The van der Waals surface area contributed by atoms with Crippen LogP contribution in [0.1, 0.15) is 10.5 Å². The molecule has 2 aromatic carbocycles. The first-order valence-electron chi connectivity index (χ1n) is 8.37. The summed E-state index contributed by atoms with van der Waals surface area (Å²) in [5, 5.41) is 5.21. The van der Waals surface area contributed by atoms with Crippen molar-refractivity contribution in [3.63, 3.8) is 0 Å². The van der Waals surface area contributed by atoms with Crippen molar-refractivity contribution in [2.24, 2.45) is 0 Å². The summed E-state index contributed by atoms with van der Waals surface area (Å²) in [6.45, 7) is 0. The number of para-hydroxylation sites is 1. The molecule has 28 heavy (non-hydrogen) atoms. The molecular formula is C20H19N3O3S2. The number of thioether (sulfide) groups is 1. The lowest BCUT2D eigenvalue weighted by Crippen LogP contribution is -2.16. The molecule has 0 aliphatic rings. The smallest absolute Gasteiger partial charge is 0.285 e. The number of nitrogens with zero attached hydrogens (tertiary/aromatic N) is 2. The Hall–Kier alpha value is -2.84. The van der Waals surface area contributed by atoms with Crippen molar-refractivity contribution in [2.45, 2.75) is 4.90 Å². The summed E-state index contributed by atoms with van der Waals surface area (Å²) in [5.74, 6) is 0.423. The molecule has 8 heteroatoms. The van der Waals surface area contributed by atoms with Gasteiger partial charge in [0.15, 0.2) is 0 Å². The van der Waals surface area contributed by atoms with Crippen LogP contribution in [-0.2, 0) is 0 Å². The third-order valence-electron chi connectivity index (χ3n) is 3.76. The first-order chi connectivity index (χ1) is 13.5. The number of hydrogen-bond acceptors (Lipinski definition) is 6. The number of carbonyl (C=O) groups excluding carboxylic acids is 2. The molecule has 0 bridgehead atoms. The van der Waals surface area contributed by atoms with E-state index in [0.29, 0.717) is 17.1 Å². The highest BCUT2D eigenvalue weighted by Crippen LogP contribution is 2.32. The highest BCUT2D eigenvalue weighted by atomic mass is 32.2. The van der Waals surface area contributed by atoms with Crippen LogP contribution in [0, 0.1) is 0 Å². The second kappa shape index (κ2) is 8.90. The van der Waals surface area contributed by atoms with Crippen LogP contribution in [0.3, 0.4) is 0 Å². The van der Waals surface area contributed by atoms with Crippen molar-refractivity contribution in [3.05, 3.63) is 59.6 Å². The molecule has 3 rings (SSSR count). The normalized spacial score (nSPS) is 10.4. The van der Waals surface area contributed by atoms with Gasteiger partial charge in [0.05, 0.1) is 12.7 Å². The van der Waals surface area contributed by atoms with E-state index in [0.717, 1.165) is 27.2 Å². The summed E-state index contributed by atoms with van der Waals surface area (Å²) in [6.07, 6.45) is 0. The van der Waals surface area contributed by atoms with Crippen molar-refractivity contribution in [1.82, 2.24) is 9.88 Å². The van der Waals surface area contributed by atoms with Gasteiger partial charge in [-0.05, 0) is 48.2 Å². The van der Waals surface area contributed by atoms with Crippen LogP contribution >= 0.6 is 23.1 Å². The van der Waals surface area contributed by atoms with Gasteiger partial charge in [0.1, 0.15) is 16.5 Å². The Kier molecular flexibility index (Phi) is 6.33. The van der Waals surface area contributed by atoms with E-state index in [4.69, 9.17) is 4.74 Å². The van der Waals surface area contributed by atoms with Crippen LogP contribution in [-0.4, -0.2) is 42.2 Å². The Bertz CT molecular complexity index is 984. The molecule has 0 spiro atoms. The third-order valence-corrected chi connectivity index (χ3v) is 5.68. The Morgan fingerprint density at radius 1 is 1.11 bits per heavy atom. The number of benzene rings is 2. The largest absolute Gasteiger partial charge is 0.496 e. The van der Waals surface area contributed by atoms with E-state index in [2.05, 4.69) is 10.3 Å². The number of nitrogens with one attached hydrogen (secondary N) is 1. The van der Waals surface area contributed by atoms with Crippen molar-refractivity contribution >= 4 is 39.9 Å². The van der Waals surface area contributed by atoms with Crippen molar-refractivity contribution in [1.29, 1.82) is 0 Å². The van der Waals surface area contributed by atoms with E-state index in [1.807, 2.05) is 24.3 Å². The molecule has 1 N–H and O–H groups in total. The average molecular weight is 414 g/mol. The quantitative estimate of drug-likeness (QED) is 0.606. The fourth-order valence-electron chi connectivity index (χ4n) is 2.32. The summed E-state index contributed by atoms with van der Waals surface area (Å²) in [7, 11) is 5.02. The number of methoxy groups -OCH3 is 1. The van der Waals surface area contributed by atoms with Crippen LogP contribution in [0.25, 0.3) is 10.6 Å². The zero-order chi connectivity index (χ0) is 20.1. The van der Waals surface area contributed by atoms with E-state index in [9.17, 15) is 9.59 Å². The summed E-state index contributed by atoms with van der Waals surface area (Å²) >= 11 is 2.52. The zero-order valence-corrected chi connectivity index (χ0v) is 17.3. The number of rotatable bonds is 5. The van der Waals surface area contributed by atoms with Gasteiger partial charge in [-0.3, -0.25) is 9.59 Å². The van der Waals surface area contributed by atoms with E-state index in [-0.39, 0.29) is 11.1 Å². The predicted octanol–water partition coefficient (Wildman–Crippen LogP) is 4.84. The van der Waals surface area contributed by atoms with E-state index < -0.39 is 0 Å². The summed E-state index contributed by atoms with van der Waals surface area (Å²) in [5.41, 5.74) is 1.83. The number of amides is 2. The molecule has 0 saturated heterocycles. The van der Waals surface area contributed by atoms with Gasteiger partial charge in [0, 0.05) is 30.1 Å². The van der Waals surface area contributed by atoms with Crippen LogP contribution in [0.5, 0.6) is 5.75 Å². The molecule has 0 aliphatic carbocycles. The third kappa shape index (κ3) is 4.71. The fraction of sp³-hybridized carbons (Fsp3) is 0.150. The average Bonchev–Trinajstić information content (AvgIpc) is 3.19. The monoisotopic (exact) mass is 413 g/mol. The number of thiazole rings is 1. The number of ether oxygens (including phenoxy) is 1. The SMILES string of the molecule is COc1ccccc1-c1nc(C(=O)Nc2ccc(SC(=O)N(C)C)cc2)cs1. The maximum absolute atomic E-state index is 12.5. The van der Waals surface area contributed by atoms with Crippen molar-refractivity contribution in [2.75, 3.05) is 26.5 Å². The minimum Gasteiger partial charge on any atom is -0.496 e. The van der Waals surface area contributed by atoms with Gasteiger partial charge in [0.2, 0.25) is 0 Å². The molecule has 0 unspecified atom stereocenters. The van der Waals surface area contributed by atoms with Gasteiger partial charge in [-0.2, -0.15) is 0 Å². The van der Waals surface area contributed by atoms with Crippen LogP contribution < -0.4 is 10.1 Å². The topological polar surface area (TPSA) is 71.5 Å². The van der Waals surface area contributed by atoms with Crippen molar-refractivity contribution in [3.8, 4) is 16.3 Å². The number of aromatic nitrogens is 1. The second-order valence-electron chi connectivity index (χ2n) is 5.98. The molecule has 6 nitrogen and oxygen atoms in total. The molecule has 0 aliphatic heterocycles. The van der Waals surface area contributed by atoms with E-state index >= 15 is 0 Å². The van der Waals surface area contributed by atoms with Gasteiger partial charge in [-0.1, -0.05) is 12.1 Å². The molecule has 2 amide bonds. The minimum atomic E-state index is -0.290. The van der Waals surface area contributed by atoms with Gasteiger partial charge in [0.25, 0.3) is 11.1 Å². The van der Waals surface area contributed by atoms with Gasteiger partial charge < -0.3 is 15.0 Å². The van der Waals surface area contributed by atoms with Crippen LogP contribution in [0.4, 0.5) is 10.5 Å². The number of hydrogen-bond donors (Lipinski definition) is 1. The number of carbonyl (C=O) groups is 2. The Morgan fingerprint density at radius 2 is 1.82 bits per heavy atom. The van der Waals surface area contributed by atoms with Gasteiger partial charge in [-0.15, -0.1) is 11.3 Å². The first kappa shape index (κ1) is 19.9. The first-order valence-corrected chi connectivity index (χ1v) is 10.1. The molecule has 1 heterocycles. The summed E-state index contributed by atoms with van der Waals surface area (Å²) < 4.78 is 5.36. The van der Waals surface area contributed by atoms with Crippen LogP contribution in [0.15, 0.2) is 58.8 Å². The lowest BCUT2D eigenvalue weighted by atomic mass is 10.2. The summed E-state index contributed by atoms with van der Waals surface area (Å²) in [6, 6.07) is 14.7. The summed E-state index contributed by atoms with van der Waals surface area (Å²) in [4.78, 5) is 31.0. The van der Waals surface area contributed by atoms with Gasteiger partial charge >= 0.3 is 0 Å². The number of anilines is 1. The predicted molar refractivity (Wildman–Crippen MR) is 113 cm³/mol. The molecule has 144 valence electrons. The second-order valence-corrected chi connectivity index (χ2v) is 7.86. The highest BCUT2D eigenvalue weighted by molar-refractivity contribution is 8.13. The molecule has 0 atom stereocenters. The molecule has 0 fully saturated rings. The fourth-order valence-corrected chi connectivity index (χ4v) is 3.80. The van der Waals surface area contributed by atoms with Gasteiger partial charge in [-0.25, -0.2) is 4.98 Å². The maximum Gasteiger partial charge on any atom is 0.285 e. The van der Waals surface area contributed by atoms with E-state index in [1.54, 1.807) is 50.9 Å². The lowest BCUT2D eigenvalue weighted by Gasteiger charge is -2.09. The highest BCUT2D eigenvalue weighted by Gasteiger charge is 2.15. The standard InChI is InChI=1S/C20H19N3O3S2/c1-23(2)20(25)28-14-10-8-13(9-11-14)21-18(24)16-12-27-19(22-16)15-6-4-5-7-17(15)26-3/h4-12H,1-3H3,(H,21,24). The Balaban J connectivity index is 1.69. The molecule has 1 aromatic heterocycles. The zero-order valence-electron chi connectivity index (χ0n) is 15.6. The van der Waals surface area contributed by atoms with Crippen molar-refractivity contribution < 1.29 is 14.3 Å². The molecule has 3 aromatic rings. The van der Waals surface area contributed by atoms with E-state index in [1.165, 1.54) is 16.2 Å².